The van der Waals surface area contributed by atoms with E-state index in [4.69, 9.17) is 5.41 Å². The summed E-state index contributed by atoms with van der Waals surface area (Å²) in [4.78, 5) is 11.9. The fourth-order valence-electron chi connectivity index (χ4n) is 2.30. The summed E-state index contributed by atoms with van der Waals surface area (Å²) in [5, 5.41) is 11.7. The molecule has 1 aliphatic rings. The molecule has 3 heterocycles. The quantitative estimate of drug-likeness (QED) is 0.736. The van der Waals surface area contributed by atoms with Crippen molar-refractivity contribution in [1.82, 2.24) is 15.3 Å². The van der Waals surface area contributed by atoms with Crippen LogP contribution in [0.4, 0.5) is 0 Å². The Hall–Kier alpha value is -2.69. The second kappa shape index (κ2) is 5.36. The minimum Gasteiger partial charge on any atom is -0.382 e. The first-order chi connectivity index (χ1) is 10.2. The van der Waals surface area contributed by atoms with Gasteiger partial charge in [-0.05, 0) is 32.1 Å². The predicted molar refractivity (Wildman–Crippen MR) is 85.9 cm³/mol. The molecule has 5 heteroatoms. The van der Waals surface area contributed by atoms with Crippen LogP contribution in [0.25, 0.3) is 11.0 Å². The molecule has 0 radical (unpaired) electrons. The van der Waals surface area contributed by atoms with E-state index in [1.165, 1.54) is 6.21 Å². The lowest BCUT2D eigenvalue weighted by atomic mass is 9.97. The number of aromatic amines is 1. The number of H-pyrrole nitrogens is 1. The maximum atomic E-state index is 7.30. The van der Waals surface area contributed by atoms with Gasteiger partial charge in [-0.25, -0.2) is 4.98 Å². The molecule has 21 heavy (non-hydrogen) atoms. The normalized spacial score (nSPS) is 14.7. The average molecular weight is 279 g/mol. The number of hydrogen-bond acceptors (Lipinski definition) is 4. The smallest absolute Gasteiger partial charge is 0.137 e. The molecule has 0 bridgehead atoms. The maximum Gasteiger partial charge on any atom is 0.137 e. The number of pyridine rings is 1. The molecule has 1 aliphatic heterocycles. The number of aliphatic imine (C=N–C) groups is 1. The molecule has 106 valence electrons. The lowest BCUT2D eigenvalue weighted by molar-refractivity contribution is 0.678. The predicted octanol–water partition coefficient (Wildman–Crippen LogP) is 2.78. The molecular weight excluding hydrogens is 262 g/mol. The van der Waals surface area contributed by atoms with Crippen molar-refractivity contribution in [3.63, 3.8) is 0 Å². The summed E-state index contributed by atoms with van der Waals surface area (Å²) < 4.78 is 0. The van der Waals surface area contributed by atoms with E-state index in [0.717, 1.165) is 33.6 Å². The van der Waals surface area contributed by atoms with Crippen molar-refractivity contribution in [2.24, 2.45) is 4.99 Å². The van der Waals surface area contributed by atoms with Crippen LogP contribution in [-0.2, 0) is 0 Å². The molecule has 0 fully saturated rings. The molecule has 2 aromatic heterocycles. The van der Waals surface area contributed by atoms with Crippen LogP contribution in [0.15, 0.2) is 53.1 Å². The molecular formula is C16H17N5. The minimum absolute atomic E-state index is 0.296. The number of hydrogen-bond donors (Lipinski definition) is 3. The van der Waals surface area contributed by atoms with Gasteiger partial charge in [0.05, 0.1) is 5.71 Å². The largest absolute Gasteiger partial charge is 0.382 e. The third-order valence-corrected chi connectivity index (χ3v) is 3.24. The lowest BCUT2D eigenvalue weighted by Crippen LogP contribution is -2.28. The fourth-order valence-corrected chi connectivity index (χ4v) is 2.30. The van der Waals surface area contributed by atoms with Gasteiger partial charge in [0.15, 0.2) is 0 Å². The van der Waals surface area contributed by atoms with Gasteiger partial charge in [0.25, 0.3) is 0 Å². The molecule has 0 spiro atoms. The summed E-state index contributed by atoms with van der Waals surface area (Å²) in [6.45, 7) is 4.14. The summed E-state index contributed by atoms with van der Waals surface area (Å²) in [7, 11) is 0. The van der Waals surface area contributed by atoms with E-state index in [1.807, 2.05) is 24.7 Å². The standard InChI is InChI=1S/C16H17N5/c1-10(2)21-14(3-5-17)13-9-19-15(13)12-7-11-4-6-18-16(11)20-8-12/h3-10,17,21H,1-2H3,(H,18,20)/b14-3+,17-5?. The van der Waals surface area contributed by atoms with E-state index < -0.39 is 0 Å². The first-order valence-corrected chi connectivity index (χ1v) is 6.88. The number of nitrogens with one attached hydrogen (secondary N) is 3. The molecule has 0 aliphatic carbocycles. The maximum absolute atomic E-state index is 7.30. The van der Waals surface area contributed by atoms with Crippen LogP contribution in [0.2, 0.25) is 0 Å². The molecule has 3 N–H and O–H groups in total. The highest BCUT2D eigenvalue weighted by atomic mass is 14.9. The Morgan fingerprint density at radius 1 is 1.43 bits per heavy atom. The Morgan fingerprint density at radius 3 is 2.95 bits per heavy atom. The van der Waals surface area contributed by atoms with Crippen LogP contribution in [0.5, 0.6) is 0 Å². The zero-order valence-corrected chi connectivity index (χ0v) is 12.0. The Labute approximate surface area is 123 Å². The van der Waals surface area contributed by atoms with Crippen molar-refractivity contribution in [2.75, 3.05) is 0 Å². The molecule has 0 aromatic carbocycles. The van der Waals surface area contributed by atoms with E-state index in [1.54, 1.807) is 6.08 Å². The average Bonchev–Trinajstić information content (AvgIpc) is 2.84. The van der Waals surface area contributed by atoms with Gasteiger partial charge in [0.1, 0.15) is 5.65 Å². The van der Waals surface area contributed by atoms with E-state index in [-0.39, 0.29) is 0 Å². The van der Waals surface area contributed by atoms with Gasteiger partial charge >= 0.3 is 0 Å². The van der Waals surface area contributed by atoms with E-state index in [0.29, 0.717) is 6.04 Å². The third-order valence-electron chi connectivity index (χ3n) is 3.24. The van der Waals surface area contributed by atoms with Gasteiger partial charge in [0.2, 0.25) is 0 Å². The lowest BCUT2D eigenvalue weighted by Gasteiger charge is -2.22. The minimum atomic E-state index is 0.296. The highest BCUT2D eigenvalue weighted by Crippen LogP contribution is 2.24. The Kier molecular flexibility index (Phi) is 3.39. The van der Waals surface area contributed by atoms with Crippen molar-refractivity contribution >= 4 is 23.0 Å². The zero-order valence-electron chi connectivity index (χ0n) is 12.0. The number of nitrogens with zero attached hydrogens (tertiary/aromatic N) is 2. The first-order valence-electron chi connectivity index (χ1n) is 6.88. The van der Waals surface area contributed by atoms with Gasteiger partial charge in [0, 0.05) is 53.1 Å². The number of aromatic nitrogens is 2. The highest BCUT2D eigenvalue weighted by Gasteiger charge is 2.21. The van der Waals surface area contributed by atoms with Crippen LogP contribution in [0.1, 0.15) is 19.4 Å². The summed E-state index contributed by atoms with van der Waals surface area (Å²) >= 11 is 0. The van der Waals surface area contributed by atoms with E-state index in [2.05, 4.69) is 40.2 Å². The topological polar surface area (TPSA) is 76.9 Å². The molecule has 0 amide bonds. The van der Waals surface area contributed by atoms with Gasteiger partial charge < -0.3 is 15.7 Å². The van der Waals surface area contributed by atoms with Crippen molar-refractivity contribution in [3.05, 3.63) is 53.6 Å². The van der Waals surface area contributed by atoms with Crippen LogP contribution in [0, 0.1) is 5.41 Å². The van der Waals surface area contributed by atoms with Crippen LogP contribution in [0.3, 0.4) is 0 Å². The highest BCUT2D eigenvalue weighted by molar-refractivity contribution is 6.19. The molecule has 3 rings (SSSR count). The van der Waals surface area contributed by atoms with Crippen molar-refractivity contribution in [2.45, 2.75) is 19.9 Å². The summed E-state index contributed by atoms with van der Waals surface area (Å²) in [5.74, 6) is 0. The molecule has 0 saturated heterocycles. The van der Waals surface area contributed by atoms with Crippen molar-refractivity contribution in [1.29, 1.82) is 5.41 Å². The second-order valence-corrected chi connectivity index (χ2v) is 5.21. The number of allylic oxidation sites excluding steroid dienone is 2. The van der Waals surface area contributed by atoms with E-state index in [9.17, 15) is 0 Å². The SMILES string of the molecule is CC(C)N/C(=C/C=N)C1=CN=C1c1cnc2[nH]ccc2c1. The van der Waals surface area contributed by atoms with Gasteiger partial charge in [-0.3, -0.25) is 4.99 Å². The van der Waals surface area contributed by atoms with Crippen molar-refractivity contribution in [3.8, 4) is 0 Å². The first kappa shape index (κ1) is 13.3. The van der Waals surface area contributed by atoms with Gasteiger partial charge in [-0.15, -0.1) is 0 Å². The molecule has 2 aromatic rings. The van der Waals surface area contributed by atoms with Gasteiger partial charge in [-0.1, -0.05) is 0 Å². The summed E-state index contributed by atoms with van der Waals surface area (Å²) in [6.07, 6.45) is 8.56. The Morgan fingerprint density at radius 2 is 2.29 bits per heavy atom. The third kappa shape index (κ3) is 2.50. The van der Waals surface area contributed by atoms with Crippen molar-refractivity contribution < 1.29 is 0 Å². The second-order valence-electron chi connectivity index (χ2n) is 5.21. The monoisotopic (exact) mass is 279 g/mol. The van der Waals surface area contributed by atoms with Crippen LogP contribution >= 0.6 is 0 Å². The molecule has 0 saturated carbocycles. The Bertz CT molecular complexity index is 777. The summed E-state index contributed by atoms with van der Waals surface area (Å²) in [5.41, 5.74) is 4.70. The zero-order chi connectivity index (χ0) is 14.8. The molecule has 0 unspecified atom stereocenters. The summed E-state index contributed by atoms with van der Waals surface area (Å²) in [6, 6.07) is 4.36. The molecule has 0 atom stereocenters. The number of rotatable bonds is 5. The Balaban J connectivity index is 1.90. The number of fused-ring (bicyclic) bond motifs is 1. The van der Waals surface area contributed by atoms with E-state index >= 15 is 0 Å². The van der Waals surface area contributed by atoms with Gasteiger partial charge in [-0.2, -0.15) is 0 Å². The fraction of sp³-hybridized carbons (Fsp3) is 0.188. The molecule has 5 nitrogen and oxygen atoms in total. The van der Waals surface area contributed by atoms with Crippen LogP contribution in [-0.4, -0.2) is 27.9 Å². The van der Waals surface area contributed by atoms with Crippen LogP contribution < -0.4 is 5.32 Å².